The Hall–Kier alpha value is -2.93. The zero-order valence-corrected chi connectivity index (χ0v) is 32.0. The molecule has 2 atom stereocenters. The lowest BCUT2D eigenvalue weighted by Crippen LogP contribution is -2.21. The lowest BCUT2D eigenvalue weighted by atomic mass is 10.1. The van der Waals surface area contributed by atoms with Crippen LogP contribution in [-0.2, 0) is 24.1 Å². The number of aryl methyl sites for hydroxylation is 1. The van der Waals surface area contributed by atoms with E-state index in [9.17, 15) is 15.0 Å². The standard InChI is InChI=1S/C19H16Cl2N2O3S.C18H17Cl2NO2S.CH4/c20-14-4-11-6-19(23-17(11)7-15(14)21)27-9-12(24)8-26-13-1-2-16-10(3-13)5-18(25)22-16;1-11-2-4-14(5-3-11)23-9-13(22)10-24-18-7-12-6-15(19)16(20)8-17(12)21-18;/h1-4,7,12,24H,5-6,8-9H2,(H,22,25);2-6,8,13,22H,7,9-10H2,1H3;1H4/t12-;13-;/m11./s1. The number of anilines is 1. The highest BCUT2D eigenvalue weighted by Crippen LogP contribution is 2.38. The normalized spacial score (nSPS) is 14.8. The van der Waals surface area contributed by atoms with Gasteiger partial charge in [0.15, 0.2) is 0 Å². The molecule has 274 valence electrons. The van der Waals surface area contributed by atoms with Gasteiger partial charge in [-0.05, 0) is 78.2 Å². The van der Waals surface area contributed by atoms with E-state index in [0.29, 0.717) is 50.2 Å². The maximum Gasteiger partial charge on any atom is 0.228 e. The maximum atomic E-state index is 11.4. The van der Waals surface area contributed by atoms with Crippen LogP contribution in [0.5, 0.6) is 11.5 Å². The van der Waals surface area contributed by atoms with Gasteiger partial charge in [0, 0.05) is 30.0 Å². The first kappa shape index (κ1) is 40.3. The first-order valence-electron chi connectivity index (χ1n) is 16.0. The first-order chi connectivity index (χ1) is 24.5. The number of amides is 1. The fraction of sp³-hybridized carbons (Fsp3) is 0.289. The molecule has 0 aromatic heterocycles. The van der Waals surface area contributed by atoms with Crippen LogP contribution >= 0.6 is 69.9 Å². The van der Waals surface area contributed by atoms with Crippen molar-refractivity contribution in [2.75, 3.05) is 30.0 Å². The van der Waals surface area contributed by atoms with Crippen LogP contribution in [0.4, 0.5) is 17.1 Å². The number of carbonyl (C=O) groups excluding carboxylic acids is 1. The van der Waals surface area contributed by atoms with Gasteiger partial charge < -0.3 is 25.0 Å². The third-order valence-electron chi connectivity index (χ3n) is 7.91. The minimum atomic E-state index is -0.637. The number of rotatable bonds is 10. The lowest BCUT2D eigenvalue weighted by molar-refractivity contribution is -0.115. The fourth-order valence-electron chi connectivity index (χ4n) is 5.28. The van der Waals surface area contributed by atoms with Gasteiger partial charge in [0.25, 0.3) is 0 Å². The monoisotopic (exact) mass is 819 g/mol. The maximum absolute atomic E-state index is 11.4. The lowest BCUT2D eigenvalue weighted by Gasteiger charge is -2.12. The minimum absolute atomic E-state index is 0. The highest BCUT2D eigenvalue weighted by atomic mass is 35.5. The van der Waals surface area contributed by atoms with Crippen molar-refractivity contribution in [3.63, 3.8) is 0 Å². The Balaban J connectivity index is 0.000000199. The van der Waals surface area contributed by atoms with E-state index in [4.69, 9.17) is 55.9 Å². The summed E-state index contributed by atoms with van der Waals surface area (Å²) in [4.78, 5) is 20.5. The van der Waals surface area contributed by atoms with Crippen molar-refractivity contribution in [2.24, 2.45) is 9.98 Å². The van der Waals surface area contributed by atoms with Crippen LogP contribution in [0.3, 0.4) is 0 Å². The van der Waals surface area contributed by atoms with E-state index in [1.165, 1.54) is 29.1 Å². The average molecular weight is 822 g/mol. The van der Waals surface area contributed by atoms with Crippen LogP contribution in [0, 0.1) is 6.92 Å². The molecule has 0 fully saturated rings. The number of aliphatic imine (C=N–C) groups is 2. The molecule has 4 aromatic rings. The predicted octanol–water partition coefficient (Wildman–Crippen LogP) is 9.94. The molecule has 0 bridgehead atoms. The Morgan fingerprint density at radius 1 is 0.692 bits per heavy atom. The van der Waals surface area contributed by atoms with E-state index in [2.05, 4.69) is 15.3 Å². The highest BCUT2D eigenvalue weighted by Gasteiger charge is 2.21. The molecule has 7 rings (SSSR count). The summed E-state index contributed by atoms with van der Waals surface area (Å²) in [5, 5.41) is 27.0. The second-order valence-electron chi connectivity index (χ2n) is 12.1. The number of halogens is 4. The Labute approximate surface area is 331 Å². The number of hydrogen-bond acceptors (Lipinski definition) is 9. The molecule has 0 aliphatic carbocycles. The Morgan fingerprint density at radius 2 is 1.17 bits per heavy atom. The zero-order valence-electron chi connectivity index (χ0n) is 27.3. The molecule has 3 heterocycles. The summed E-state index contributed by atoms with van der Waals surface area (Å²) < 4.78 is 11.3. The number of fused-ring (bicyclic) bond motifs is 3. The molecular weight excluding hydrogens is 784 g/mol. The molecule has 3 N–H and O–H groups in total. The third-order valence-corrected chi connectivity index (χ3v) is 11.6. The van der Waals surface area contributed by atoms with Crippen LogP contribution in [0.1, 0.15) is 29.7 Å². The number of benzene rings is 4. The van der Waals surface area contributed by atoms with Crippen molar-refractivity contribution in [3.8, 4) is 11.5 Å². The number of carbonyl (C=O) groups is 1. The molecule has 0 saturated heterocycles. The summed E-state index contributed by atoms with van der Waals surface area (Å²) in [7, 11) is 0. The van der Waals surface area contributed by atoms with Gasteiger partial charge in [-0.1, -0.05) is 71.5 Å². The summed E-state index contributed by atoms with van der Waals surface area (Å²) in [6.07, 6.45) is 0.578. The van der Waals surface area contributed by atoms with Crippen LogP contribution in [0.25, 0.3) is 0 Å². The molecule has 4 aromatic carbocycles. The van der Waals surface area contributed by atoms with Crippen molar-refractivity contribution >= 4 is 103 Å². The SMILES string of the molecule is C.Cc1ccc(OC[C@@H](O)CSC2=Nc3cc(Cl)c(Cl)cc3C2)cc1.O=C1Cc2cc(OC[C@@H](O)CSC3=Nc4cc(Cl)c(Cl)cc4C3)ccc2N1. The van der Waals surface area contributed by atoms with Crippen molar-refractivity contribution in [1.29, 1.82) is 0 Å². The van der Waals surface area contributed by atoms with E-state index in [-0.39, 0.29) is 26.5 Å². The van der Waals surface area contributed by atoms with Gasteiger partial charge in [-0.25, -0.2) is 9.98 Å². The summed E-state index contributed by atoms with van der Waals surface area (Å²) in [6.45, 7) is 2.45. The van der Waals surface area contributed by atoms with Crippen molar-refractivity contribution in [3.05, 3.63) is 109 Å². The summed E-state index contributed by atoms with van der Waals surface area (Å²) in [5.41, 5.74) is 6.71. The summed E-state index contributed by atoms with van der Waals surface area (Å²) in [6, 6.07) is 20.4. The fourth-order valence-corrected chi connectivity index (χ4v) is 7.77. The average Bonchev–Trinajstić information content (AvgIpc) is 3.80. The molecule has 8 nitrogen and oxygen atoms in total. The number of nitrogens with one attached hydrogen (secondary N) is 1. The van der Waals surface area contributed by atoms with E-state index in [1.54, 1.807) is 18.2 Å². The number of hydrogen-bond donors (Lipinski definition) is 3. The molecule has 1 amide bonds. The first-order valence-corrected chi connectivity index (χ1v) is 19.4. The van der Waals surface area contributed by atoms with Gasteiger partial charge in [0.1, 0.15) is 24.7 Å². The van der Waals surface area contributed by atoms with Gasteiger partial charge in [-0.2, -0.15) is 0 Å². The van der Waals surface area contributed by atoms with E-state index in [0.717, 1.165) is 56.0 Å². The molecule has 0 spiro atoms. The van der Waals surface area contributed by atoms with Gasteiger partial charge in [-0.3, -0.25) is 4.79 Å². The third kappa shape index (κ3) is 10.8. The second kappa shape index (κ2) is 18.4. The predicted molar refractivity (Wildman–Crippen MR) is 219 cm³/mol. The quantitative estimate of drug-likeness (QED) is 0.146. The second-order valence-corrected chi connectivity index (χ2v) is 15.9. The van der Waals surface area contributed by atoms with Crippen molar-refractivity contribution in [1.82, 2.24) is 0 Å². The molecule has 3 aliphatic heterocycles. The van der Waals surface area contributed by atoms with Crippen LogP contribution < -0.4 is 14.8 Å². The molecule has 0 unspecified atom stereocenters. The smallest absolute Gasteiger partial charge is 0.228 e. The largest absolute Gasteiger partial charge is 0.491 e. The molecule has 52 heavy (non-hydrogen) atoms. The molecule has 14 heteroatoms. The topological polar surface area (TPSA) is 113 Å². The van der Waals surface area contributed by atoms with Gasteiger partial charge in [0.2, 0.25) is 5.91 Å². The highest BCUT2D eigenvalue weighted by molar-refractivity contribution is 8.14. The Bertz CT molecular complexity index is 1990. The number of aliphatic hydroxyl groups excluding tert-OH is 2. The van der Waals surface area contributed by atoms with Gasteiger partial charge >= 0.3 is 0 Å². The molecule has 0 saturated carbocycles. The Kier molecular flexibility index (Phi) is 14.2. The van der Waals surface area contributed by atoms with Crippen LogP contribution in [-0.4, -0.2) is 63.1 Å². The van der Waals surface area contributed by atoms with E-state index < -0.39 is 12.2 Å². The number of ether oxygens (including phenoxy) is 2. The van der Waals surface area contributed by atoms with Crippen molar-refractivity contribution < 1.29 is 24.5 Å². The summed E-state index contributed by atoms with van der Waals surface area (Å²) in [5.74, 6) is 2.39. The Morgan fingerprint density at radius 3 is 1.71 bits per heavy atom. The van der Waals surface area contributed by atoms with Crippen LogP contribution in [0.2, 0.25) is 20.1 Å². The van der Waals surface area contributed by atoms with Crippen molar-refractivity contribution in [2.45, 2.75) is 45.8 Å². The molecule has 3 aliphatic rings. The molecule has 0 radical (unpaired) electrons. The van der Waals surface area contributed by atoms with Gasteiger partial charge in [0.05, 0.1) is 60.2 Å². The number of nitrogens with zero attached hydrogens (tertiary/aromatic N) is 2. The molecular formula is C38H37Cl4N3O5S2. The minimum Gasteiger partial charge on any atom is -0.491 e. The van der Waals surface area contributed by atoms with Crippen LogP contribution in [0.15, 0.2) is 76.7 Å². The zero-order chi connectivity index (χ0) is 36.1. The van der Waals surface area contributed by atoms with E-state index >= 15 is 0 Å². The van der Waals surface area contributed by atoms with Gasteiger partial charge in [-0.15, -0.1) is 23.5 Å². The van der Waals surface area contributed by atoms with E-state index in [1.807, 2.05) is 55.5 Å². The number of thioether (sulfide) groups is 2. The summed E-state index contributed by atoms with van der Waals surface area (Å²) >= 11 is 27.1. The number of aliphatic hydroxyl groups is 2.